The average molecular weight is 728 g/mol. The molecule has 238 valence electrons. The lowest BCUT2D eigenvalue weighted by Crippen LogP contribution is -2.30. The van der Waals surface area contributed by atoms with Gasteiger partial charge in [-0.15, -0.1) is 23.1 Å². The van der Waals surface area contributed by atoms with Crippen molar-refractivity contribution < 1.29 is 19.1 Å². The highest BCUT2D eigenvalue weighted by Crippen LogP contribution is 2.29. The Bertz CT molecular complexity index is 1880. The molecule has 0 radical (unpaired) electrons. The first-order chi connectivity index (χ1) is 22.8. The highest BCUT2D eigenvalue weighted by molar-refractivity contribution is 9.10. The van der Waals surface area contributed by atoms with Crippen LogP contribution in [0.3, 0.4) is 0 Å². The third-order valence-corrected chi connectivity index (χ3v) is 9.06. The van der Waals surface area contributed by atoms with Gasteiger partial charge in [0, 0.05) is 31.6 Å². The summed E-state index contributed by atoms with van der Waals surface area (Å²) in [6.45, 7) is 4.25. The van der Waals surface area contributed by atoms with Crippen LogP contribution < -0.4 is 20.7 Å². The molecule has 1 atom stereocenters. The second kappa shape index (κ2) is 16.2. The molecule has 1 heterocycles. The van der Waals surface area contributed by atoms with Crippen molar-refractivity contribution in [3.8, 4) is 17.0 Å². The second-order valence-electron chi connectivity index (χ2n) is 10.2. The largest absolute Gasteiger partial charge is 0.494 e. The number of benzene rings is 4. The Balaban J connectivity index is 1.25. The topological polar surface area (TPSA) is 109 Å². The number of nitrogens with zero attached hydrogens (tertiary/aromatic N) is 1. The van der Waals surface area contributed by atoms with Crippen LogP contribution >= 0.6 is 39.0 Å². The first-order valence-corrected chi connectivity index (χ1v) is 17.2. The van der Waals surface area contributed by atoms with Crippen LogP contribution in [0.4, 0.5) is 10.8 Å². The van der Waals surface area contributed by atoms with Crippen LogP contribution in [0.2, 0.25) is 0 Å². The van der Waals surface area contributed by atoms with E-state index >= 15 is 0 Å². The smallest absolute Gasteiger partial charge is 0.272 e. The van der Waals surface area contributed by atoms with Crippen molar-refractivity contribution in [3.63, 3.8) is 0 Å². The van der Waals surface area contributed by atoms with Gasteiger partial charge in [0.2, 0.25) is 5.91 Å². The van der Waals surface area contributed by atoms with E-state index in [2.05, 4.69) is 36.9 Å². The van der Waals surface area contributed by atoms with Crippen LogP contribution in [0.5, 0.6) is 5.75 Å². The van der Waals surface area contributed by atoms with Gasteiger partial charge in [0.25, 0.3) is 11.8 Å². The summed E-state index contributed by atoms with van der Waals surface area (Å²) in [6, 6.07) is 30.9. The molecule has 5 aromatic rings. The van der Waals surface area contributed by atoms with Gasteiger partial charge in [0.1, 0.15) is 11.4 Å². The molecule has 8 nitrogen and oxygen atoms in total. The highest BCUT2D eigenvalue weighted by atomic mass is 79.9. The number of carbonyl (C=O) groups is 3. The van der Waals surface area contributed by atoms with Gasteiger partial charge >= 0.3 is 0 Å². The minimum absolute atomic E-state index is 0.0692. The lowest BCUT2D eigenvalue weighted by molar-refractivity contribution is -0.115. The average Bonchev–Trinajstić information content (AvgIpc) is 3.54. The van der Waals surface area contributed by atoms with Crippen molar-refractivity contribution in [2.45, 2.75) is 24.0 Å². The predicted molar refractivity (Wildman–Crippen MR) is 194 cm³/mol. The molecule has 5 rings (SSSR count). The van der Waals surface area contributed by atoms with E-state index in [1.54, 1.807) is 60.7 Å². The van der Waals surface area contributed by atoms with E-state index in [1.165, 1.54) is 23.1 Å². The first kappa shape index (κ1) is 33.6. The van der Waals surface area contributed by atoms with Crippen LogP contribution in [0.1, 0.15) is 29.8 Å². The lowest BCUT2D eigenvalue weighted by Gasteiger charge is -2.14. The number of ether oxygens (including phenoxy) is 1. The normalized spacial score (nSPS) is 11.8. The molecule has 0 aliphatic carbocycles. The highest BCUT2D eigenvalue weighted by Gasteiger charge is 2.18. The number of aromatic nitrogens is 1. The van der Waals surface area contributed by atoms with Crippen LogP contribution in [-0.2, 0) is 9.59 Å². The number of thioether (sulfide) groups is 1. The summed E-state index contributed by atoms with van der Waals surface area (Å²) in [7, 11) is 0. The maximum Gasteiger partial charge on any atom is 0.272 e. The fourth-order valence-electron chi connectivity index (χ4n) is 4.33. The molecule has 3 amide bonds. The summed E-state index contributed by atoms with van der Waals surface area (Å²) in [6.07, 6.45) is 1.61. The third kappa shape index (κ3) is 9.65. The van der Waals surface area contributed by atoms with E-state index in [0.717, 1.165) is 20.6 Å². The molecule has 0 fully saturated rings. The Morgan fingerprint density at radius 3 is 2.40 bits per heavy atom. The zero-order valence-corrected chi connectivity index (χ0v) is 28.7. The summed E-state index contributed by atoms with van der Waals surface area (Å²) in [5.41, 5.74) is 3.46. The van der Waals surface area contributed by atoms with Gasteiger partial charge in [0.05, 0.1) is 17.6 Å². The van der Waals surface area contributed by atoms with Gasteiger partial charge < -0.3 is 20.7 Å². The van der Waals surface area contributed by atoms with E-state index in [-0.39, 0.29) is 11.6 Å². The number of nitrogens with one attached hydrogen (secondary N) is 3. The number of halogens is 1. The Hall–Kier alpha value is -4.71. The fraction of sp³-hybridized carbons (Fsp3) is 0.111. The van der Waals surface area contributed by atoms with Gasteiger partial charge in [0.15, 0.2) is 5.13 Å². The quantitative estimate of drug-likeness (QED) is 0.0879. The molecule has 0 aliphatic rings. The van der Waals surface area contributed by atoms with E-state index in [9.17, 15) is 14.4 Å². The Morgan fingerprint density at radius 2 is 1.68 bits per heavy atom. The summed E-state index contributed by atoms with van der Waals surface area (Å²) < 4.78 is 6.50. The maximum absolute atomic E-state index is 13.5. The number of carbonyl (C=O) groups excluding carboxylic acids is 3. The lowest BCUT2D eigenvalue weighted by atomic mass is 10.1. The molecule has 4 aromatic carbocycles. The summed E-state index contributed by atoms with van der Waals surface area (Å²) in [5, 5.41) is 10.5. The van der Waals surface area contributed by atoms with Gasteiger partial charge in [-0.2, -0.15) is 0 Å². The van der Waals surface area contributed by atoms with Gasteiger partial charge in [-0.3, -0.25) is 14.4 Å². The molecule has 1 aromatic heterocycles. The second-order valence-corrected chi connectivity index (χ2v) is 13.3. The molecular formula is C36H31BrN4O4S2. The SMILES string of the molecule is CCOc1ccc(/C=C(/NC(=O)c2ccccc2)C(=O)Nc2cccc(SC(C)C(=O)Nc3nc(-c4ccc(Br)cc4)cs3)c2)cc1. The number of thiazole rings is 1. The predicted octanol–water partition coefficient (Wildman–Crippen LogP) is 8.50. The van der Waals surface area contributed by atoms with Crippen LogP contribution in [0, 0.1) is 0 Å². The van der Waals surface area contributed by atoms with Crippen molar-refractivity contribution in [1.29, 1.82) is 0 Å². The maximum atomic E-state index is 13.5. The molecular weight excluding hydrogens is 696 g/mol. The minimum atomic E-state index is -0.499. The molecule has 0 spiro atoms. The van der Waals surface area contributed by atoms with Gasteiger partial charge in [-0.05, 0) is 80.1 Å². The molecule has 0 saturated heterocycles. The van der Waals surface area contributed by atoms with E-state index in [0.29, 0.717) is 34.3 Å². The third-order valence-electron chi connectivity index (χ3n) is 6.68. The Morgan fingerprint density at radius 1 is 0.936 bits per heavy atom. The zero-order chi connectivity index (χ0) is 33.2. The van der Waals surface area contributed by atoms with Crippen molar-refractivity contribution in [1.82, 2.24) is 10.3 Å². The number of hydrogen-bond acceptors (Lipinski definition) is 7. The zero-order valence-electron chi connectivity index (χ0n) is 25.5. The number of anilines is 2. The molecule has 1 unspecified atom stereocenters. The standard InChI is InChI=1S/C36H31BrN4O4S2/c1-3-45-29-18-12-24(13-19-29)20-31(39-34(43)26-8-5-4-6-9-26)35(44)38-28-10-7-11-30(21-28)47-23(2)33(42)41-36-40-32(22-46-36)25-14-16-27(37)17-15-25/h4-23H,3H2,1-2H3,(H,38,44)(H,39,43)(H,40,41,42)/b31-20+. The monoisotopic (exact) mass is 726 g/mol. The molecule has 0 bridgehead atoms. The number of amides is 3. The molecule has 3 N–H and O–H groups in total. The van der Waals surface area contributed by atoms with E-state index < -0.39 is 17.1 Å². The van der Waals surface area contributed by atoms with Crippen LogP contribution in [0.15, 0.2) is 124 Å². The summed E-state index contributed by atoms with van der Waals surface area (Å²) in [5.74, 6) is -0.392. The Kier molecular flexibility index (Phi) is 11.6. The fourth-order valence-corrected chi connectivity index (χ4v) is 6.24. The molecule has 11 heteroatoms. The van der Waals surface area contributed by atoms with E-state index in [1.807, 2.05) is 67.8 Å². The summed E-state index contributed by atoms with van der Waals surface area (Å²) >= 11 is 6.16. The van der Waals surface area contributed by atoms with Crippen molar-refractivity contribution in [2.75, 3.05) is 17.2 Å². The first-order valence-electron chi connectivity index (χ1n) is 14.7. The number of hydrogen-bond donors (Lipinski definition) is 3. The minimum Gasteiger partial charge on any atom is -0.494 e. The Labute approximate surface area is 289 Å². The van der Waals surface area contributed by atoms with Crippen LogP contribution in [-0.4, -0.2) is 34.6 Å². The van der Waals surface area contributed by atoms with Gasteiger partial charge in [-0.1, -0.05) is 64.5 Å². The molecule has 0 saturated carbocycles. The van der Waals surface area contributed by atoms with E-state index in [4.69, 9.17) is 4.74 Å². The number of rotatable bonds is 12. The molecule has 0 aliphatic heterocycles. The van der Waals surface area contributed by atoms with Crippen LogP contribution in [0.25, 0.3) is 17.3 Å². The van der Waals surface area contributed by atoms with Crippen molar-refractivity contribution >= 4 is 73.6 Å². The van der Waals surface area contributed by atoms with Crippen molar-refractivity contribution in [3.05, 3.63) is 130 Å². The van der Waals surface area contributed by atoms with Gasteiger partial charge in [-0.25, -0.2) is 4.98 Å². The molecule has 47 heavy (non-hydrogen) atoms. The summed E-state index contributed by atoms with van der Waals surface area (Å²) in [4.78, 5) is 44.9. The van der Waals surface area contributed by atoms with Crippen molar-refractivity contribution in [2.24, 2.45) is 0 Å².